The van der Waals surface area contributed by atoms with E-state index >= 15 is 0 Å². The van der Waals surface area contributed by atoms with Gasteiger partial charge in [-0.05, 0) is 43.4 Å². The lowest BCUT2D eigenvalue weighted by molar-refractivity contribution is -0.158. The van der Waals surface area contributed by atoms with Crippen LogP contribution in [0, 0.1) is 0 Å². The third kappa shape index (κ3) is 4.15. The summed E-state index contributed by atoms with van der Waals surface area (Å²) in [4.78, 5) is 11.6. The summed E-state index contributed by atoms with van der Waals surface area (Å²) in [5.41, 5.74) is 1.68. The van der Waals surface area contributed by atoms with Crippen LogP contribution in [0.1, 0.15) is 69.1 Å². The van der Waals surface area contributed by atoms with Gasteiger partial charge in [0.15, 0.2) is 0 Å². The number of benzene rings is 1. The van der Waals surface area contributed by atoms with Crippen molar-refractivity contribution in [1.29, 1.82) is 0 Å². The summed E-state index contributed by atoms with van der Waals surface area (Å²) in [6.45, 7) is 1.51. The lowest BCUT2D eigenvalue weighted by Crippen LogP contribution is -2.50. The third-order valence-corrected chi connectivity index (χ3v) is 5.53. The molecule has 1 saturated heterocycles. The number of amides is 1. The van der Waals surface area contributed by atoms with Crippen LogP contribution in [0.3, 0.4) is 0 Å². The quantitative estimate of drug-likeness (QED) is 0.877. The Bertz CT molecular complexity index is 610. The van der Waals surface area contributed by atoms with Crippen molar-refractivity contribution in [3.8, 4) is 5.75 Å². The predicted molar refractivity (Wildman–Crippen MR) is 95.4 cm³/mol. The maximum atomic E-state index is 11.6. The van der Waals surface area contributed by atoms with Crippen LogP contribution in [0.5, 0.6) is 5.75 Å². The minimum absolute atomic E-state index is 0.0161. The first kappa shape index (κ1) is 18.2. The minimum Gasteiger partial charge on any atom is -0.496 e. The number of rotatable bonds is 4. The first-order chi connectivity index (χ1) is 12.0. The zero-order chi connectivity index (χ0) is 17.9. The number of nitrogens with one attached hydrogen (secondary N) is 1. The lowest BCUT2D eigenvalue weighted by Gasteiger charge is -2.47. The molecule has 3 rings (SSSR count). The van der Waals surface area contributed by atoms with Crippen molar-refractivity contribution in [2.24, 2.45) is 0 Å². The van der Waals surface area contributed by atoms with Gasteiger partial charge in [-0.2, -0.15) is 0 Å². The summed E-state index contributed by atoms with van der Waals surface area (Å²) in [5, 5.41) is 12.7. The van der Waals surface area contributed by atoms with Gasteiger partial charge in [-0.15, -0.1) is 0 Å². The Morgan fingerprint density at radius 1 is 1.36 bits per heavy atom. The molecule has 2 atom stereocenters. The molecule has 1 aromatic rings. The second-order valence-corrected chi connectivity index (χ2v) is 7.42. The van der Waals surface area contributed by atoms with E-state index in [0.29, 0.717) is 5.75 Å². The van der Waals surface area contributed by atoms with E-state index in [1.165, 1.54) is 19.3 Å². The summed E-state index contributed by atoms with van der Waals surface area (Å²) >= 11 is 0. The molecular formula is C20H29NO4. The fourth-order valence-corrected chi connectivity index (χ4v) is 4.43. The van der Waals surface area contributed by atoms with Gasteiger partial charge in [-0.3, -0.25) is 4.79 Å². The van der Waals surface area contributed by atoms with Crippen LogP contribution in [0.15, 0.2) is 18.2 Å². The predicted octanol–water partition coefficient (Wildman–Crippen LogP) is 3.25. The van der Waals surface area contributed by atoms with Crippen molar-refractivity contribution in [1.82, 2.24) is 5.32 Å². The Hall–Kier alpha value is -1.59. The zero-order valence-corrected chi connectivity index (χ0v) is 15.2. The second-order valence-electron chi connectivity index (χ2n) is 7.42. The van der Waals surface area contributed by atoms with Crippen molar-refractivity contribution in [2.75, 3.05) is 7.11 Å². The third-order valence-electron chi connectivity index (χ3n) is 5.53. The first-order valence-electron chi connectivity index (χ1n) is 9.28. The number of aliphatic hydroxyl groups excluding tert-OH is 1. The van der Waals surface area contributed by atoms with Crippen LogP contribution in [0.2, 0.25) is 0 Å². The van der Waals surface area contributed by atoms with Gasteiger partial charge < -0.3 is 19.9 Å². The Balaban J connectivity index is 1.86. The van der Waals surface area contributed by atoms with Crippen molar-refractivity contribution in [3.63, 3.8) is 0 Å². The summed E-state index contributed by atoms with van der Waals surface area (Å²) in [7, 11) is 1.61. The molecule has 1 aliphatic carbocycles. The molecule has 1 aliphatic heterocycles. The highest BCUT2D eigenvalue weighted by Gasteiger charge is 2.43. The average Bonchev–Trinajstić information content (AvgIpc) is 2.60. The molecule has 25 heavy (non-hydrogen) atoms. The van der Waals surface area contributed by atoms with Crippen molar-refractivity contribution in [2.45, 2.75) is 76.2 Å². The molecule has 0 bridgehead atoms. The molecule has 2 aliphatic rings. The highest BCUT2D eigenvalue weighted by molar-refractivity contribution is 5.73. The molecule has 0 aromatic heterocycles. The molecular weight excluding hydrogens is 318 g/mol. The van der Waals surface area contributed by atoms with E-state index < -0.39 is 0 Å². The van der Waals surface area contributed by atoms with Gasteiger partial charge in [0, 0.05) is 18.5 Å². The number of carbonyl (C=O) groups excluding carboxylic acids is 1. The van der Waals surface area contributed by atoms with Crippen molar-refractivity contribution in [3.05, 3.63) is 29.3 Å². The Kier molecular flexibility index (Phi) is 5.64. The van der Waals surface area contributed by atoms with Crippen LogP contribution < -0.4 is 10.1 Å². The van der Waals surface area contributed by atoms with E-state index in [1.54, 1.807) is 14.0 Å². The van der Waals surface area contributed by atoms with E-state index in [9.17, 15) is 9.90 Å². The molecule has 1 aromatic carbocycles. The van der Waals surface area contributed by atoms with Gasteiger partial charge in [0.1, 0.15) is 5.75 Å². The van der Waals surface area contributed by atoms with E-state index in [1.807, 2.05) is 18.2 Å². The van der Waals surface area contributed by atoms with Crippen LogP contribution in [0.25, 0.3) is 0 Å². The van der Waals surface area contributed by atoms with Gasteiger partial charge in [-0.25, -0.2) is 0 Å². The van der Waals surface area contributed by atoms with Crippen LogP contribution >= 0.6 is 0 Å². The smallest absolute Gasteiger partial charge is 0.217 e. The van der Waals surface area contributed by atoms with Crippen LogP contribution in [-0.4, -0.2) is 29.8 Å². The number of methoxy groups -OCH3 is 1. The molecule has 5 heteroatoms. The van der Waals surface area contributed by atoms with Gasteiger partial charge in [0.2, 0.25) is 5.91 Å². The van der Waals surface area contributed by atoms with E-state index in [4.69, 9.17) is 9.47 Å². The van der Waals surface area contributed by atoms with Crippen LogP contribution in [0.4, 0.5) is 0 Å². The fourth-order valence-electron chi connectivity index (χ4n) is 4.43. The molecule has 2 N–H and O–H groups in total. The molecule has 0 radical (unpaired) electrons. The van der Waals surface area contributed by atoms with Gasteiger partial charge in [0.25, 0.3) is 0 Å². The summed E-state index contributed by atoms with van der Waals surface area (Å²) in [6.07, 6.45) is 7.33. The largest absolute Gasteiger partial charge is 0.496 e. The fraction of sp³-hybridized carbons (Fsp3) is 0.650. The number of hydrogen-bond acceptors (Lipinski definition) is 4. The molecule has 1 saturated carbocycles. The normalized spacial score (nSPS) is 25.6. The molecule has 5 nitrogen and oxygen atoms in total. The SMILES string of the molecule is COc1ccc([C@H]2C[C@@H](NC(C)=O)CC3(CCCCC3)O2)cc1CO. The lowest BCUT2D eigenvalue weighted by atomic mass is 9.76. The monoisotopic (exact) mass is 347 g/mol. The topological polar surface area (TPSA) is 67.8 Å². The Morgan fingerprint density at radius 3 is 2.76 bits per heavy atom. The van der Waals surface area contributed by atoms with E-state index in [2.05, 4.69) is 5.32 Å². The summed E-state index contributed by atoms with van der Waals surface area (Å²) < 4.78 is 11.9. The number of aliphatic hydroxyl groups is 1. The maximum Gasteiger partial charge on any atom is 0.217 e. The Morgan fingerprint density at radius 2 is 2.12 bits per heavy atom. The van der Waals surface area contributed by atoms with E-state index in [0.717, 1.165) is 36.8 Å². The van der Waals surface area contributed by atoms with Crippen molar-refractivity contribution >= 4 is 5.91 Å². The van der Waals surface area contributed by atoms with E-state index in [-0.39, 0.29) is 30.3 Å². The van der Waals surface area contributed by atoms with Gasteiger partial charge in [-0.1, -0.05) is 25.3 Å². The summed E-state index contributed by atoms with van der Waals surface area (Å²) in [5.74, 6) is 0.704. The Labute approximate surface area is 149 Å². The molecule has 138 valence electrons. The second kappa shape index (κ2) is 7.75. The average molecular weight is 347 g/mol. The number of hydrogen-bond donors (Lipinski definition) is 2. The van der Waals surface area contributed by atoms with Crippen LogP contribution in [-0.2, 0) is 16.1 Å². The standard InChI is InChI=1S/C20H29NO4/c1-14(23)21-17-11-19(25-20(12-17)8-4-3-5-9-20)15-6-7-18(24-2)16(10-15)13-22/h6-7,10,17,19,22H,3-5,8-9,11-13H2,1-2H3,(H,21,23)/t17-,19-/m1/s1. The molecule has 1 heterocycles. The first-order valence-corrected chi connectivity index (χ1v) is 9.28. The molecule has 2 fully saturated rings. The van der Waals surface area contributed by atoms with Crippen molar-refractivity contribution < 1.29 is 19.4 Å². The zero-order valence-electron chi connectivity index (χ0n) is 15.2. The summed E-state index contributed by atoms with van der Waals surface area (Å²) in [6, 6.07) is 6.00. The highest BCUT2D eigenvalue weighted by Crippen LogP contribution is 2.45. The van der Waals surface area contributed by atoms with Gasteiger partial charge >= 0.3 is 0 Å². The number of ether oxygens (including phenoxy) is 2. The molecule has 1 spiro atoms. The molecule has 0 unspecified atom stereocenters. The maximum absolute atomic E-state index is 11.6. The number of carbonyl (C=O) groups is 1. The minimum atomic E-state index is -0.131. The van der Waals surface area contributed by atoms with Gasteiger partial charge in [0.05, 0.1) is 25.4 Å². The highest BCUT2D eigenvalue weighted by atomic mass is 16.5. The molecule has 1 amide bonds.